The molecule has 0 aliphatic carbocycles. The van der Waals surface area contributed by atoms with Gasteiger partial charge in [-0.3, -0.25) is 0 Å². The highest BCUT2D eigenvalue weighted by molar-refractivity contribution is 7.09. The summed E-state index contributed by atoms with van der Waals surface area (Å²) < 4.78 is 37.7. The van der Waals surface area contributed by atoms with Gasteiger partial charge in [-0.25, -0.2) is 0 Å². The second-order valence-corrected chi connectivity index (χ2v) is 5.96. The van der Waals surface area contributed by atoms with Crippen molar-refractivity contribution in [2.45, 2.75) is 25.4 Å². The van der Waals surface area contributed by atoms with Crippen molar-refractivity contribution in [2.75, 3.05) is 6.54 Å². The van der Waals surface area contributed by atoms with Gasteiger partial charge in [0.25, 0.3) is 0 Å². The Labute approximate surface area is 125 Å². The van der Waals surface area contributed by atoms with Crippen molar-refractivity contribution in [3.05, 3.63) is 58.3 Å². The summed E-state index contributed by atoms with van der Waals surface area (Å²) in [7, 11) is 0. The summed E-state index contributed by atoms with van der Waals surface area (Å²) in [4.78, 5) is 1.70. The lowest BCUT2D eigenvalue weighted by Crippen LogP contribution is -3.10. The molecule has 2 nitrogen and oxygen atoms in total. The van der Waals surface area contributed by atoms with Gasteiger partial charge in [-0.1, -0.05) is 36.4 Å². The number of thiophene rings is 1. The van der Waals surface area contributed by atoms with Crippen molar-refractivity contribution in [3.8, 4) is 0 Å². The van der Waals surface area contributed by atoms with Crippen LogP contribution in [0.25, 0.3) is 0 Å². The van der Waals surface area contributed by atoms with Crippen LogP contribution in [0, 0.1) is 0 Å². The summed E-state index contributed by atoms with van der Waals surface area (Å²) in [5, 5.41) is 11.2. The second kappa shape index (κ2) is 7.06. The Hall–Kier alpha value is -1.37. The van der Waals surface area contributed by atoms with E-state index in [0.717, 1.165) is 10.4 Å². The van der Waals surface area contributed by atoms with Crippen molar-refractivity contribution in [1.82, 2.24) is 0 Å². The Morgan fingerprint density at radius 1 is 1.05 bits per heavy atom. The van der Waals surface area contributed by atoms with Crippen LogP contribution < -0.4 is 4.90 Å². The summed E-state index contributed by atoms with van der Waals surface area (Å²) in [6.45, 7) is 0.571. The molecular formula is C15H17F3NOS+. The molecule has 0 spiro atoms. The minimum Gasteiger partial charge on any atom is -0.379 e. The van der Waals surface area contributed by atoms with Crippen LogP contribution in [-0.4, -0.2) is 23.9 Å². The van der Waals surface area contributed by atoms with Gasteiger partial charge in [0.2, 0.25) is 0 Å². The molecule has 0 aliphatic heterocycles. The first-order valence-corrected chi connectivity index (χ1v) is 7.48. The normalized spacial score (nSPS) is 14.9. The average molecular weight is 316 g/mol. The summed E-state index contributed by atoms with van der Waals surface area (Å²) in [5.74, 6) is 0. The van der Waals surface area contributed by atoms with E-state index in [1.165, 1.54) is 11.3 Å². The van der Waals surface area contributed by atoms with Crippen LogP contribution >= 0.6 is 11.3 Å². The van der Waals surface area contributed by atoms with Gasteiger partial charge in [0.05, 0.1) is 4.88 Å². The molecule has 0 fully saturated rings. The number of hydrogen-bond acceptors (Lipinski definition) is 2. The molecule has 2 atom stereocenters. The van der Waals surface area contributed by atoms with E-state index in [0.29, 0.717) is 18.0 Å². The van der Waals surface area contributed by atoms with E-state index in [9.17, 15) is 18.3 Å². The fraction of sp³-hybridized carbons (Fsp3) is 0.333. The molecule has 0 amide bonds. The zero-order chi connectivity index (χ0) is 15.3. The van der Waals surface area contributed by atoms with E-state index in [-0.39, 0.29) is 6.54 Å². The fourth-order valence-electron chi connectivity index (χ4n) is 2.14. The maximum atomic E-state index is 12.6. The molecule has 1 aromatic heterocycles. The number of alkyl halides is 3. The van der Waals surface area contributed by atoms with E-state index in [1.807, 2.05) is 47.8 Å². The number of halogens is 3. The van der Waals surface area contributed by atoms with Gasteiger partial charge in [-0.05, 0) is 11.4 Å². The van der Waals surface area contributed by atoms with Gasteiger partial charge in [0.15, 0.2) is 6.10 Å². The van der Waals surface area contributed by atoms with E-state index in [2.05, 4.69) is 0 Å². The highest BCUT2D eigenvalue weighted by Crippen LogP contribution is 2.19. The SMILES string of the molecule is O[C@H](C[NH+](Cc1ccccc1)Cc1cccs1)C(F)(F)F. The van der Waals surface area contributed by atoms with E-state index in [4.69, 9.17) is 0 Å². The molecular weight excluding hydrogens is 299 g/mol. The lowest BCUT2D eigenvalue weighted by molar-refractivity contribution is -0.931. The van der Waals surface area contributed by atoms with E-state index < -0.39 is 12.3 Å². The fourth-order valence-corrected chi connectivity index (χ4v) is 2.92. The first-order valence-electron chi connectivity index (χ1n) is 6.60. The molecule has 2 aromatic rings. The van der Waals surface area contributed by atoms with Crippen LogP contribution in [0.1, 0.15) is 10.4 Å². The van der Waals surface area contributed by atoms with Crippen molar-refractivity contribution >= 4 is 11.3 Å². The number of aliphatic hydroxyl groups is 1. The number of aliphatic hydroxyl groups excluding tert-OH is 1. The van der Waals surface area contributed by atoms with Gasteiger partial charge in [-0.2, -0.15) is 13.2 Å². The summed E-state index contributed by atoms with van der Waals surface area (Å²) in [5.41, 5.74) is 0.957. The minimum atomic E-state index is -4.57. The monoisotopic (exact) mass is 316 g/mol. The van der Waals surface area contributed by atoms with Crippen LogP contribution in [0.5, 0.6) is 0 Å². The molecule has 6 heteroatoms. The molecule has 114 valence electrons. The number of hydrogen-bond donors (Lipinski definition) is 2. The molecule has 0 saturated heterocycles. The quantitative estimate of drug-likeness (QED) is 0.839. The Kier molecular flexibility index (Phi) is 5.39. The maximum Gasteiger partial charge on any atom is 0.419 e. The summed E-state index contributed by atoms with van der Waals surface area (Å²) in [6.07, 6.45) is -6.87. The molecule has 0 bridgehead atoms. The van der Waals surface area contributed by atoms with Crippen LogP contribution in [0.3, 0.4) is 0 Å². The largest absolute Gasteiger partial charge is 0.419 e. The number of nitrogens with one attached hydrogen (secondary N) is 1. The molecule has 1 unspecified atom stereocenters. The van der Waals surface area contributed by atoms with Gasteiger partial charge < -0.3 is 10.0 Å². The van der Waals surface area contributed by atoms with E-state index in [1.54, 1.807) is 0 Å². The molecule has 0 radical (unpaired) electrons. The zero-order valence-electron chi connectivity index (χ0n) is 11.3. The van der Waals surface area contributed by atoms with Crippen LogP contribution in [0.2, 0.25) is 0 Å². The Morgan fingerprint density at radius 2 is 1.76 bits per heavy atom. The van der Waals surface area contributed by atoms with Gasteiger partial charge in [0, 0.05) is 5.56 Å². The first kappa shape index (κ1) is 16.0. The predicted molar refractivity (Wildman–Crippen MR) is 76.1 cm³/mol. The Balaban J connectivity index is 2.06. The van der Waals surface area contributed by atoms with Crippen molar-refractivity contribution in [3.63, 3.8) is 0 Å². The molecule has 2 N–H and O–H groups in total. The molecule has 2 rings (SSSR count). The third kappa shape index (κ3) is 5.15. The molecule has 21 heavy (non-hydrogen) atoms. The molecule has 1 heterocycles. The Morgan fingerprint density at radius 3 is 2.33 bits per heavy atom. The summed E-state index contributed by atoms with van der Waals surface area (Å²) in [6, 6.07) is 13.1. The topological polar surface area (TPSA) is 24.7 Å². The molecule has 0 saturated carbocycles. The minimum absolute atomic E-state index is 0.351. The molecule has 0 aliphatic rings. The number of quaternary nitrogens is 1. The highest BCUT2D eigenvalue weighted by atomic mass is 32.1. The average Bonchev–Trinajstić information content (AvgIpc) is 2.91. The standard InChI is InChI=1S/C15H16F3NOS/c16-15(17,18)14(20)11-19(10-13-7-4-8-21-13)9-12-5-2-1-3-6-12/h1-8,14,20H,9-11H2/p+1/t14-/m1/s1. The van der Waals surface area contributed by atoms with Gasteiger partial charge >= 0.3 is 6.18 Å². The Bertz CT molecular complexity index is 528. The van der Waals surface area contributed by atoms with Crippen LogP contribution in [0.4, 0.5) is 13.2 Å². The number of benzene rings is 1. The first-order chi connectivity index (χ1) is 9.95. The number of rotatable bonds is 6. The lowest BCUT2D eigenvalue weighted by atomic mass is 10.2. The smallest absolute Gasteiger partial charge is 0.379 e. The lowest BCUT2D eigenvalue weighted by Gasteiger charge is -2.23. The molecule has 1 aromatic carbocycles. The van der Waals surface area contributed by atoms with Crippen LogP contribution in [-0.2, 0) is 13.1 Å². The predicted octanol–water partition coefficient (Wildman–Crippen LogP) is 2.26. The van der Waals surface area contributed by atoms with Crippen molar-refractivity contribution in [1.29, 1.82) is 0 Å². The third-order valence-corrected chi connectivity index (χ3v) is 4.04. The zero-order valence-corrected chi connectivity index (χ0v) is 12.1. The van der Waals surface area contributed by atoms with Crippen molar-refractivity contribution < 1.29 is 23.2 Å². The second-order valence-electron chi connectivity index (χ2n) is 4.93. The van der Waals surface area contributed by atoms with Gasteiger partial charge in [0.1, 0.15) is 19.6 Å². The maximum absolute atomic E-state index is 12.6. The van der Waals surface area contributed by atoms with E-state index >= 15 is 0 Å². The van der Waals surface area contributed by atoms with Crippen LogP contribution in [0.15, 0.2) is 47.8 Å². The third-order valence-electron chi connectivity index (χ3n) is 3.16. The van der Waals surface area contributed by atoms with Gasteiger partial charge in [-0.15, -0.1) is 11.3 Å². The van der Waals surface area contributed by atoms with Crippen molar-refractivity contribution in [2.24, 2.45) is 0 Å². The summed E-state index contributed by atoms with van der Waals surface area (Å²) >= 11 is 1.51. The highest BCUT2D eigenvalue weighted by Gasteiger charge is 2.41.